The molecule has 4 atom stereocenters. The number of hydrogen-bond donors (Lipinski definition) is 4. The van der Waals surface area contributed by atoms with Gasteiger partial charge in [-0.25, -0.2) is 5.06 Å². The molecule has 0 aromatic heterocycles. The zero-order chi connectivity index (χ0) is 21.4. The van der Waals surface area contributed by atoms with Crippen molar-refractivity contribution in [3.63, 3.8) is 0 Å². The molecule has 13 heteroatoms. The van der Waals surface area contributed by atoms with Gasteiger partial charge in [-0.05, 0) is 12.5 Å². The van der Waals surface area contributed by atoms with Crippen molar-refractivity contribution in [2.24, 2.45) is 0 Å². The van der Waals surface area contributed by atoms with Crippen LogP contribution >= 0.6 is 7.60 Å². The standard InChI is InChI=1S/C16H24F2NO8P.Na.H/c1-2-27-28(24,25)16(17,18)8-13(21)15(23)14(22)9-19(11-20)26-10-12-6-4-3-5-7-12;;/h3-7,11,13-15,21-23H,2,8-10H2,1H3,(H,24,25);;/t13-,14+,15-;;/m1../s1. The maximum atomic E-state index is 13.8. The predicted octanol–water partition coefficient (Wildman–Crippen LogP) is 0.216. The fourth-order valence-corrected chi connectivity index (χ4v) is 3.12. The number of amides is 1. The van der Waals surface area contributed by atoms with Crippen molar-refractivity contribution in [2.75, 3.05) is 13.2 Å². The van der Waals surface area contributed by atoms with E-state index in [1.54, 1.807) is 30.3 Å². The summed E-state index contributed by atoms with van der Waals surface area (Å²) < 4.78 is 43.2. The van der Waals surface area contributed by atoms with Crippen LogP contribution in [0.15, 0.2) is 30.3 Å². The third-order valence-electron chi connectivity index (χ3n) is 3.69. The molecule has 0 bridgehead atoms. The van der Waals surface area contributed by atoms with Crippen LogP contribution in [0.1, 0.15) is 18.9 Å². The van der Waals surface area contributed by atoms with E-state index in [9.17, 15) is 38.4 Å². The molecule has 0 radical (unpaired) electrons. The second-order valence-electron chi connectivity index (χ2n) is 5.90. The number of carbonyl (C=O) groups excluding carboxylic acids is 1. The third kappa shape index (κ3) is 9.06. The van der Waals surface area contributed by atoms with Crippen LogP contribution in [-0.4, -0.2) is 98.4 Å². The van der Waals surface area contributed by atoms with Gasteiger partial charge in [-0.3, -0.25) is 14.2 Å². The first-order valence-corrected chi connectivity index (χ1v) is 9.90. The van der Waals surface area contributed by atoms with Crippen molar-refractivity contribution >= 4 is 43.6 Å². The molecule has 1 rings (SSSR count). The van der Waals surface area contributed by atoms with Gasteiger partial charge < -0.3 is 24.7 Å². The van der Waals surface area contributed by atoms with Gasteiger partial charge in [0.25, 0.3) is 0 Å². The van der Waals surface area contributed by atoms with E-state index in [1.165, 1.54) is 6.92 Å². The van der Waals surface area contributed by atoms with Crippen molar-refractivity contribution < 1.29 is 47.7 Å². The molecule has 0 aliphatic rings. The fourth-order valence-electron chi connectivity index (χ4n) is 2.16. The maximum absolute atomic E-state index is 13.8. The number of nitrogens with zero attached hydrogens (tertiary/aromatic N) is 1. The van der Waals surface area contributed by atoms with Crippen molar-refractivity contribution in [2.45, 2.75) is 43.9 Å². The Morgan fingerprint density at radius 2 is 1.79 bits per heavy atom. The minimum atomic E-state index is -5.37. The average Bonchev–Trinajstić information content (AvgIpc) is 2.64. The van der Waals surface area contributed by atoms with Gasteiger partial charge in [-0.2, -0.15) is 8.78 Å². The van der Waals surface area contributed by atoms with Gasteiger partial charge in [0, 0.05) is 0 Å². The van der Waals surface area contributed by atoms with Gasteiger partial charge in [-0.15, -0.1) is 0 Å². The number of aliphatic hydroxyl groups excluding tert-OH is 3. The van der Waals surface area contributed by atoms with Crippen LogP contribution in [0.5, 0.6) is 0 Å². The zero-order valence-electron chi connectivity index (χ0n) is 15.1. The van der Waals surface area contributed by atoms with E-state index in [4.69, 9.17) is 4.84 Å². The molecule has 9 nitrogen and oxygen atoms in total. The molecule has 4 N–H and O–H groups in total. The zero-order valence-corrected chi connectivity index (χ0v) is 16.0. The molecule has 1 unspecified atom stereocenters. The number of rotatable bonds is 13. The summed E-state index contributed by atoms with van der Waals surface area (Å²) in [7, 11) is -5.37. The summed E-state index contributed by atoms with van der Waals surface area (Å²) in [6.45, 7) is 0.0998. The molecule has 1 aromatic rings. The van der Waals surface area contributed by atoms with Crippen molar-refractivity contribution in [1.29, 1.82) is 0 Å². The van der Waals surface area contributed by atoms with Crippen LogP contribution in [0.4, 0.5) is 8.78 Å². The normalized spacial score (nSPS) is 16.8. The van der Waals surface area contributed by atoms with Crippen LogP contribution in [-0.2, 0) is 25.3 Å². The number of benzene rings is 1. The number of hydrogen-bond acceptors (Lipinski definition) is 7. The molecule has 0 aliphatic carbocycles. The number of carbonyl (C=O) groups is 1. The molecule has 1 aromatic carbocycles. The number of halogens is 2. The van der Waals surface area contributed by atoms with Gasteiger partial charge in [-0.1, -0.05) is 30.3 Å². The van der Waals surface area contributed by atoms with E-state index in [2.05, 4.69) is 4.52 Å². The summed E-state index contributed by atoms with van der Waals surface area (Å²) in [4.78, 5) is 25.4. The molecule has 0 saturated carbocycles. The van der Waals surface area contributed by atoms with Crippen LogP contribution in [0.25, 0.3) is 0 Å². The first-order valence-electron chi connectivity index (χ1n) is 8.32. The average molecular weight is 451 g/mol. The van der Waals surface area contributed by atoms with Gasteiger partial charge in [0.1, 0.15) is 18.8 Å². The summed E-state index contributed by atoms with van der Waals surface area (Å²) in [5.41, 5.74) is -3.64. The van der Waals surface area contributed by atoms with Gasteiger partial charge in [0.15, 0.2) is 0 Å². The summed E-state index contributed by atoms with van der Waals surface area (Å²) in [6.07, 6.45) is -7.71. The molecule has 0 saturated heterocycles. The molecule has 29 heavy (non-hydrogen) atoms. The van der Waals surface area contributed by atoms with E-state index >= 15 is 0 Å². The Morgan fingerprint density at radius 1 is 1.21 bits per heavy atom. The Morgan fingerprint density at radius 3 is 2.31 bits per heavy atom. The Balaban J connectivity index is 0.00000784. The monoisotopic (exact) mass is 451 g/mol. The Kier molecular flexibility index (Phi) is 12.9. The summed E-state index contributed by atoms with van der Waals surface area (Å²) in [6, 6.07) is 8.68. The molecule has 162 valence electrons. The van der Waals surface area contributed by atoms with Gasteiger partial charge in [0.2, 0.25) is 6.41 Å². The van der Waals surface area contributed by atoms with Crippen LogP contribution in [0, 0.1) is 0 Å². The number of aliphatic hydroxyl groups is 3. The summed E-state index contributed by atoms with van der Waals surface area (Å²) in [5, 5.41) is 30.1. The second-order valence-corrected chi connectivity index (χ2v) is 7.85. The topological polar surface area (TPSA) is 137 Å². The Labute approximate surface area is 189 Å². The first kappa shape index (κ1) is 28.5. The summed E-state index contributed by atoms with van der Waals surface area (Å²) in [5.74, 6) is 0. The van der Waals surface area contributed by atoms with Crippen molar-refractivity contribution in [3.05, 3.63) is 35.9 Å². The molecule has 0 spiro atoms. The number of alkyl halides is 2. The Hall–Kier alpha value is -0.460. The van der Waals surface area contributed by atoms with E-state index in [1.807, 2.05) is 0 Å². The van der Waals surface area contributed by atoms with E-state index in [0.717, 1.165) is 0 Å². The van der Waals surface area contributed by atoms with Gasteiger partial charge in [0.05, 0.1) is 25.7 Å². The Bertz CT molecular complexity index is 657. The first-order chi connectivity index (χ1) is 13.0. The SMILES string of the molecule is CCOP(=O)(O)C(F)(F)C[C@@H](O)[C@@H](O)[C@@H](O)CN(C=O)OCc1ccccc1.[NaH]. The molecular formula is C16H25F2NNaO8P. The van der Waals surface area contributed by atoms with Crippen molar-refractivity contribution in [3.8, 4) is 0 Å². The second kappa shape index (κ2) is 13.1. The van der Waals surface area contributed by atoms with E-state index in [0.29, 0.717) is 10.6 Å². The molecule has 0 heterocycles. The quantitative estimate of drug-likeness (QED) is 0.145. The predicted molar refractivity (Wildman–Crippen MR) is 100 cm³/mol. The minimum absolute atomic E-state index is 0. The van der Waals surface area contributed by atoms with Crippen LogP contribution < -0.4 is 0 Å². The van der Waals surface area contributed by atoms with Crippen molar-refractivity contribution in [1.82, 2.24) is 5.06 Å². The molecule has 0 fully saturated rings. The number of hydroxylamine groups is 2. The van der Waals surface area contributed by atoms with E-state index < -0.39 is 51.1 Å². The van der Waals surface area contributed by atoms with E-state index in [-0.39, 0.29) is 42.6 Å². The van der Waals surface area contributed by atoms with Crippen LogP contribution in [0.3, 0.4) is 0 Å². The molecular weight excluding hydrogens is 426 g/mol. The third-order valence-corrected chi connectivity index (χ3v) is 5.30. The molecule has 0 aliphatic heterocycles. The van der Waals surface area contributed by atoms with Crippen LogP contribution in [0.2, 0.25) is 0 Å². The summed E-state index contributed by atoms with van der Waals surface area (Å²) >= 11 is 0. The van der Waals surface area contributed by atoms with Gasteiger partial charge >= 0.3 is 42.8 Å². The fraction of sp³-hybridized carbons (Fsp3) is 0.562. The molecule has 1 amide bonds.